The molecule has 1 N–H and O–H groups in total. The third kappa shape index (κ3) is 4.04. The fraction of sp³-hybridized carbons (Fsp3) is 0.133. The summed E-state index contributed by atoms with van der Waals surface area (Å²) in [6.45, 7) is 2.27. The first kappa shape index (κ1) is 23.7. The summed E-state index contributed by atoms with van der Waals surface area (Å²) in [5.74, 6) is -0.683. The van der Waals surface area contributed by atoms with Crippen molar-refractivity contribution in [2.75, 3.05) is 5.32 Å². The molecule has 2 aromatic heterocycles. The molecule has 0 bridgehead atoms. The highest BCUT2D eigenvalue weighted by molar-refractivity contribution is 5.90. The van der Waals surface area contributed by atoms with Gasteiger partial charge in [-0.25, -0.2) is 18.3 Å². The number of nitrogens with one attached hydrogen (secondary N) is 1. The minimum Gasteiger partial charge on any atom is -0.307 e. The number of carbonyl (C=O) groups is 1. The van der Waals surface area contributed by atoms with Crippen LogP contribution in [0.15, 0.2) is 97.2 Å². The van der Waals surface area contributed by atoms with E-state index in [9.17, 15) is 13.6 Å². The van der Waals surface area contributed by atoms with E-state index in [1.165, 1.54) is 6.07 Å². The van der Waals surface area contributed by atoms with E-state index in [2.05, 4.69) is 9.88 Å². The van der Waals surface area contributed by atoms with Crippen molar-refractivity contribution in [3.05, 3.63) is 131 Å². The van der Waals surface area contributed by atoms with Crippen LogP contribution in [-0.2, 0) is 13.0 Å². The molecule has 38 heavy (non-hydrogen) atoms. The van der Waals surface area contributed by atoms with Crippen LogP contribution in [-0.4, -0.2) is 25.3 Å². The van der Waals surface area contributed by atoms with E-state index in [-0.39, 0.29) is 12.2 Å². The van der Waals surface area contributed by atoms with Crippen LogP contribution in [0.3, 0.4) is 0 Å². The second kappa shape index (κ2) is 9.63. The molecule has 8 heteroatoms. The number of hydrogen-bond donors (Lipinski definition) is 1. The van der Waals surface area contributed by atoms with Gasteiger partial charge in [0.2, 0.25) is 0 Å². The summed E-state index contributed by atoms with van der Waals surface area (Å²) in [5.41, 5.74) is 4.36. The second-order valence-corrected chi connectivity index (χ2v) is 9.15. The van der Waals surface area contributed by atoms with Crippen molar-refractivity contribution >= 4 is 11.7 Å². The molecule has 0 radical (unpaired) electrons. The second-order valence-electron chi connectivity index (χ2n) is 9.15. The topological polar surface area (TPSA) is 55.1 Å². The Morgan fingerprint density at radius 3 is 2.42 bits per heavy atom. The fourth-order valence-electron chi connectivity index (χ4n) is 5.11. The summed E-state index contributed by atoms with van der Waals surface area (Å²) in [6.07, 6.45) is 2.64. The SMILES string of the molecule is CCc1nn(-c2ccccc2)c2c1CN(C(=O)Nc1ccc(F)cc1F)[C@H](c1ccccc1)c1cccn1-2. The Hall–Kier alpha value is -4.72. The van der Waals surface area contributed by atoms with Crippen molar-refractivity contribution in [1.29, 1.82) is 0 Å². The van der Waals surface area contributed by atoms with Crippen LogP contribution < -0.4 is 5.32 Å². The van der Waals surface area contributed by atoms with E-state index < -0.39 is 23.7 Å². The Morgan fingerprint density at radius 2 is 1.71 bits per heavy atom. The van der Waals surface area contributed by atoms with E-state index in [4.69, 9.17) is 5.10 Å². The molecule has 3 aromatic carbocycles. The number of hydrogen-bond acceptors (Lipinski definition) is 2. The summed E-state index contributed by atoms with van der Waals surface area (Å²) in [7, 11) is 0. The van der Waals surface area contributed by atoms with Gasteiger partial charge < -0.3 is 14.8 Å². The van der Waals surface area contributed by atoms with Gasteiger partial charge in [-0.15, -0.1) is 0 Å². The zero-order valence-electron chi connectivity index (χ0n) is 20.7. The molecule has 0 saturated heterocycles. The molecular weight excluding hydrogens is 484 g/mol. The van der Waals surface area contributed by atoms with Crippen LogP contribution >= 0.6 is 0 Å². The number of fused-ring (bicyclic) bond motifs is 3. The Kier molecular flexibility index (Phi) is 5.99. The highest BCUT2D eigenvalue weighted by atomic mass is 19.1. The number of halogens is 2. The van der Waals surface area contributed by atoms with E-state index >= 15 is 0 Å². The van der Waals surface area contributed by atoms with Crippen molar-refractivity contribution in [3.63, 3.8) is 0 Å². The summed E-state index contributed by atoms with van der Waals surface area (Å²) < 4.78 is 32.0. The van der Waals surface area contributed by atoms with E-state index in [0.717, 1.165) is 46.2 Å². The predicted octanol–water partition coefficient (Wildman–Crippen LogP) is 6.64. The molecule has 0 aliphatic carbocycles. The lowest BCUT2D eigenvalue weighted by atomic mass is 10.0. The molecule has 6 rings (SSSR count). The van der Waals surface area contributed by atoms with Crippen molar-refractivity contribution in [2.24, 2.45) is 0 Å². The predicted molar refractivity (Wildman–Crippen MR) is 141 cm³/mol. The lowest BCUT2D eigenvalue weighted by molar-refractivity contribution is 0.194. The summed E-state index contributed by atoms with van der Waals surface area (Å²) >= 11 is 0. The maximum Gasteiger partial charge on any atom is 0.323 e. The highest BCUT2D eigenvalue weighted by Gasteiger charge is 2.36. The van der Waals surface area contributed by atoms with Gasteiger partial charge in [-0.05, 0) is 48.4 Å². The van der Waals surface area contributed by atoms with Crippen LogP contribution in [0.1, 0.15) is 35.5 Å². The van der Waals surface area contributed by atoms with Crippen LogP contribution in [0.2, 0.25) is 0 Å². The number of para-hydroxylation sites is 1. The highest BCUT2D eigenvalue weighted by Crippen LogP contribution is 2.39. The number of urea groups is 1. The number of anilines is 1. The molecule has 3 heterocycles. The Bertz CT molecular complexity index is 1610. The van der Waals surface area contributed by atoms with Crippen molar-refractivity contribution in [2.45, 2.75) is 25.9 Å². The number of aryl methyl sites for hydroxylation is 1. The van der Waals surface area contributed by atoms with Gasteiger partial charge in [-0.3, -0.25) is 0 Å². The van der Waals surface area contributed by atoms with Crippen LogP contribution in [0, 0.1) is 11.6 Å². The molecule has 1 aliphatic heterocycles. The largest absolute Gasteiger partial charge is 0.323 e. The molecule has 6 nitrogen and oxygen atoms in total. The number of rotatable bonds is 4. The first-order chi connectivity index (χ1) is 18.5. The van der Waals surface area contributed by atoms with Crippen molar-refractivity contribution in [3.8, 4) is 11.5 Å². The van der Waals surface area contributed by atoms with Crippen LogP contribution in [0.5, 0.6) is 0 Å². The zero-order valence-corrected chi connectivity index (χ0v) is 20.7. The van der Waals surface area contributed by atoms with Gasteiger partial charge in [-0.1, -0.05) is 55.5 Å². The van der Waals surface area contributed by atoms with Gasteiger partial charge in [0.05, 0.1) is 35.3 Å². The minimum atomic E-state index is -0.834. The molecule has 0 fully saturated rings. The third-order valence-corrected chi connectivity index (χ3v) is 6.85. The monoisotopic (exact) mass is 509 g/mol. The smallest absolute Gasteiger partial charge is 0.307 e. The summed E-state index contributed by atoms with van der Waals surface area (Å²) in [5, 5.41) is 7.61. The Labute approximate surface area is 218 Å². The third-order valence-electron chi connectivity index (χ3n) is 6.85. The molecule has 0 unspecified atom stereocenters. The first-order valence-corrected chi connectivity index (χ1v) is 12.5. The average molecular weight is 510 g/mol. The molecule has 190 valence electrons. The standard InChI is InChI=1S/C30H25F2N5O/c1-2-25-23-19-36(30(38)33-26-16-15-21(31)18-24(26)32)28(20-10-5-3-6-11-20)27-14-9-17-35(27)29(23)37(34-25)22-12-7-4-8-13-22/h3-18,28H,2,19H2,1H3,(H,33,38)/t28-/m1/s1. The number of carbonyl (C=O) groups excluding carboxylic acids is 1. The van der Waals surface area contributed by atoms with E-state index in [0.29, 0.717) is 6.42 Å². The fourth-order valence-corrected chi connectivity index (χ4v) is 5.11. The molecule has 1 aliphatic rings. The van der Waals surface area contributed by atoms with Crippen LogP contribution in [0.4, 0.5) is 19.3 Å². The van der Waals surface area contributed by atoms with Gasteiger partial charge in [0, 0.05) is 17.8 Å². The molecule has 1 atom stereocenters. The molecule has 5 aromatic rings. The number of amides is 2. The van der Waals surface area contributed by atoms with Crippen molar-refractivity contribution < 1.29 is 13.6 Å². The van der Waals surface area contributed by atoms with Gasteiger partial charge in [-0.2, -0.15) is 5.10 Å². The molecule has 0 saturated carbocycles. The molecule has 0 spiro atoms. The average Bonchev–Trinajstić information content (AvgIpc) is 3.52. The maximum atomic E-state index is 14.5. The number of aromatic nitrogens is 3. The quantitative estimate of drug-likeness (QED) is 0.295. The lowest BCUT2D eigenvalue weighted by Crippen LogP contribution is -2.38. The first-order valence-electron chi connectivity index (χ1n) is 12.5. The molecular formula is C30H25F2N5O. The summed E-state index contributed by atoms with van der Waals surface area (Å²) in [4.78, 5) is 15.6. The Balaban J connectivity index is 1.54. The normalized spacial score (nSPS) is 14.5. The van der Waals surface area contributed by atoms with Gasteiger partial charge >= 0.3 is 6.03 Å². The van der Waals surface area contributed by atoms with Gasteiger partial charge in [0.15, 0.2) is 0 Å². The van der Waals surface area contributed by atoms with E-state index in [1.54, 1.807) is 4.90 Å². The van der Waals surface area contributed by atoms with E-state index in [1.807, 2.05) is 90.6 Å². The van der Waals surface area contributed by atoms with Gasteiger partial charge in [0.1, 0.15) is 17.5 Å². The van der Waals surface area contributed by atoms with Crippen LogP contribution in [0.25, 0.3) is 11.5 Å². The van der Waals surface area contributed by atoms with Gasteiger partial charge in [0.25, 0.3) is 0 Å². The maximum absolute atomic E-state index is 14.5. The molecule has 2 amide bonds. The minimum absolute atomic E-state index is 0.0845. The summed E-state index contributed by atoms with van der Waals surface area (Å²) in [6, 6.07) is 25.7. The number of benzene rings is 3. The van der Waals surface area contributed by atoms with Crippen molar-refractivity contribution in [1.82, 2.24) is 19.2 Å². The number of nitrogens with zero attached hydrogens (tertiary/aromatic N) is 4. The zero-order chi connectivity index (χ0) is 26.2. The lowest BCUT2D eigenvalue weighted by Gasteiger charge is -2.31. The Morgan fingerprint density at radius 1 is 0.974 bits per heavy atom.